The minimum absolute atomic E-state index is 0. The maximum Gasteiger partial charge on any atom is 0.260 e. The molecule has 0 saturated heterocycles. The van der Waals surface area contributed by atoms with Gasteiger partial charge in [0, 0.05) is 15.9 Å². The molecule has 3 rings (SSSR count). The minimum atomic E-state index is -0.650. The van der Waals surface area contributed by atoms with E-state index in [9.17, 15) is 9.18 Å². The SMILES string of the molecule is Cl.N[C@H]1CCc2nc(NC(=O)c3ccc(Cl)cc3F)sc2C1. The van der Waals surface area contributed by atoms with E-state index in [1.807, 2.05) is 0 Å². The van der Waals surface area contributed by atoms with Crippen molar-refractivity contribution in [3.8, 4) is 0 Å². The van der Waals surface area contributed by atoms with Crippen LogP contribution in [0, 0.1) is 5.82 Å². The molecule has 8 heteroatoms. The first-order valence-corrected chi connectivity index (χ1v) is 7.73. The van der Waals surface area contributed by atoms with Gasteiger partial charge in [0.25, 0.3) is 5.91 Å². The Morgan fingerprint density at radius 2 is 2.27 bits per heavy atom. The molecule has 0 spiro atoms. The number of hydrogen-bond acceptors (Lipinski definition) is 4. The van der Waals surface area contributed by atoms with Crippen molar-refractivity contribution in [2.24, 2.45) is 5.73 Å². The van der Waals surface area contributed by atoms with Crippen molar-refractivity contribution in [3.05, 3.63) is 45.2 Å². The maximum atomic E-state index is 13.7. The molecule has 1 aliphatic rings. The number of amides is 1. The Balaban J connectivity index is 0.00000176. The molecular weight excluding hydrogens is 348 g/mol. The smallest absolute Gasteiger partial charge is 0.260 e. The van der Waals surface area contributed by atoms with Crippen molar-refractivity contribution in [1.82, 2.24) is 4.98 Å². The third-order valence-electron chi connectivity index (χ3n) is 3.37. The lowest BCUT2D eigenvalue weighted by molar-refractivity contribution is 0.102. The molecular formula is C14H14Cl2FN3OS. The van der Waals surface area contributed by atoms with E-state index in [4.69, 9.17) is 17.3 Å². The van der Waals surface area contributed by atoms with Gasteiger partial charge in [-0.2, -0.15) is 0 Å². The average Bonchev–Trinajstić information content (AvgIpc) is 2.79. The number of aromatic nitrogens is 1. The van der Waals surface area contributed by atoms with E-state index in [0.717, 1.165) is 35.9 Å². The zero-order valence-electron chi connectivity index (χ0n) is 11.4. The number of carbonyl (C=O) groups excluding carboxylic acids is 1. The summed E-state index contributed by atoms with van der Waals surface area (Å²) in [5.41, 5.74) is 6.84. The average molecular weight is 362 g/mol. The third-order valence-corrected chi connectivity index (χ3v) is 4.64. The Morgan fingerprint density at radius 1 is 1.50 bits per heavy atom. The van der Waals surface area contributed by atoms with E-state index in [-0.39, 0.29) is 29.0 Å². The summed E-state index contributed by atoms with van der Waals surface area (Å²) in [5, 5.41) is 3.37. The van der Waals surface area contributed by atoms with Gasteiger partial charge in [0.05, 0.1) is 11.3 Å². The van der Waals surface area contributed by atoms with Crippen LogP contribution in [0.3, 0.4) is 0 Å². The first-order valence-electron chi connectivity index (χ1n) is 6.53. The molecule has 1 atom stereocenters. The second-order valence-electron chi connectivity index (χ2n) is 4.97. The molecule has 1 aromatic carbocycles. The molecule has 22 heavy (non-hydrogen) atoms. The summed E-state index contributed by atoms with van der Waals surface area (Å²) in [5.74, 6) is -1.18. The number of rotatable bonds is 2. The van der Waals surface area contributed by atoms with Crippen molar-refractivity contribution < 1.29 is 9.18 Å². The fourth-order valence-corrected chi connectivity index (χ4v) is 3.55. The predicted molar refractivity (Wildman–Crippen MR) is 88.7 cm³/mol. The summed E-state index contributed by atoms with van der Waals surface area (Å²) in [4.78, 5) is 17.5. The van der Waals surface area contributed by atoms with Crippen LogP contribution in [0.25, 0.3) is 0 Å². The van der Waals surface area contributed by atoms with Gasteiger partial charge < -0.3 is 5.73 Å². The van der Waals surface area contributed by atoms with Crippen molar-refractivity contribution in [3.63, 3.8) is 0 Å². The Kier molecular flexibility index (Phi) is 5.39. The molecule has 1 aliphatic carbocycles. The molecule has 118 valence electrons. The lowest BCUT2D eigenvalue weighted by Gasteiger charge is -2.15. The number of thiazole rings is 1. The zero-order chi connectivity index (χ0) is 15.0. The van der Waals surface area contributed by atoms with Crippen molar-refractivity contribution >= 4 is 46.4 Å². The fraction of sp³-hybridized carbons (Fsp3) is 0.286. The molecule has 0 radical (unpaired) electrons. The monoisotopic (exact) mass is 361 g/mol. The van der Waals surface area contributed by atoms with Gasteiger partial charge in [0.15, 0.2) is 5.13 Å². The van der Waals surface area contributed by atoms with Crippen molar-refractivity contribution in [1.29, 1.82) is 0 Å². The molecule has 1 amide bonds. The van der Waals surface area contributed by atoms with E-state index in [2.05, 4.69) is 10.3 Å². The second kappa shape index (κ2) is 6.91. The van der Waals surface area contributed by atoms with Crippen LogP contribution in [-0.2, 0) is 12.8 Å². The van der Waals surface area contributed by atoms with Gasteiger partial charge in [-0.25, -0.2) is 9.37 Å². The van der Waals surface area contributed by atoms with Crippen LogP contribution in [-0.4, -0.2) is 16.9 Å². The van der Waals surface area contributed by atoms with E-state index in [0.29, 0.717) is 5.13 Å². The fourth-order valence-electron chi connectivity index (χ4n) is 2.29. The Labute approximate surface area is 142 Å². The number of aryl methyl sites for hydroxylation is 1. The van der Waals surface area contributed by atoms with Gasteiger partial charge >= 0.3 is 0 Å². The summed E-state index contributed by atoms with van der Waals surface area (Å²) in [6.45, 7) is 0. The number of halogens is 3. The first kappa shape index (κ1) is 17.1. The van der Waals surface area contributed by atoms with Crippen LogP contribution in [0.2, 0.25) is 5.02 Å². The van der Waals surface area contributed by atoms with Crippen LogP contribution in [0.4, 0.5) is 9.52 Å². The number of nitrogens with zero attached hydrogens (tertiary/aromatic N) is 1. The highest BCUT2D eigenvalue weighted by atomic mass is 35.5. The summed E-state index contributed by atoms with van der Waals surface area (Å²) in [6, 6.07) is 4.10. The van der Waals surface area contributed by atoms with Gasteiger partial charge in [-0.15, -0.1) is 23.7 Å². The molecule has 0 aliphatic heterocycles. The summed E-state index contributed by atoms with van der Waals surface area (Å²) in [7, 11) is 0. The van der Waals surface area contributed by atoms with Gasteiger partial charge in [0.2, 0.25) is 0 Å². The molecule has 3 N–H and O–H groups in total. The van der Waals surface area contributed by atoms with Crippen LogP contribution >= 0.6 is 35.3 Å². The number of benzene rings is 1. The normalized spacial score (nSPS) is 16.6. The predicted octanol–water partition coefficient (Wildman–Crippen LogP) is 3.43. The van der Waals surface area contributed by atoms with E-state index >= 15 is 0 Å². The number of anilines is 1. The molecule has 2 aromatic rings. The Bertz CT molecular complexity index is 707. The van der Waals surface area contributed by atoms with Crippen LogP contribution < -0.4 is 11.1 Å². The van der Waals surface area contributed by atoms with E-state index < -0.39 is 11.7 Å². The van der Waals surface area contributed by atoms with Crippen LogP contribution in [0.5, 0.6) is 0 Å². The standard InChI is InChI=1S/C14H13ClFN3OS.ClH/c15-7-1-3-9(10(16)5-7)13(20)19-14-18-11-4-2-8(17)6-12(11)21-14;/h1,3,5,8H,2,4,6,17H2,(H,18,19,20);1H/t8-;/m0./s1. The lowest BCUT2D eigenvalue weighted by Crippen LogP contribution is -2.27. The van der Waals surface area contributed by atoms with Gasteiger partial charge in [-0.3, -0.25) is 10.1 Å². The minimum Gasteiger partial charge on any atom is -0.327 e. The topological polar surface area (TPSA) is 68.0 Å². The highest BCUT2D eigenvalue weighted by molar-refractivity contribution is 7.15. The molecule has 0 unspecified atom stereocenters. The van der Waals surface area contributed by atoms with Crippen molar-refractivity contribution in [2.45, 2.75) is 25.3 Å². The van der Waals surface area contributed by atoms with Crippen LogP contribution in [0.15, 0.2) is 18.2 Å². The largest absolute Gasteiger partial charge is 0.327 e. The number of fused-ring (bicyclic) bond motifs is 1. The first-order chi connectivity index (χ1) is 10.0. The summed E-state index contributed by atoms with van der Waals surface area (Å²) < 4.78 is 13.7. The molecule has 4 nitrogen and oxygen atoms in total. The third kappa shape index (κ3) is 3.57. The molecule has 1 heterocycles. The Morgan fingerprint density at radius 3 is 3.00 bits per heavy atom. The molecule has 0 bridgehead atoms. The highest BCUT2D eigenvalue weighted by Crippen LogP contribution is 2.29. The zero-order valence-corrected chi connectivity index (χ0v) is 13.8. The number of carbonyl (C=O) groups is 1. The number of nitrogens with two attached hydrogens (primary N) is 1. The molecule has 0 fully saturated rings. The second-order valence-corrected chi connectivity index (χ2v) is 6.49. The Hall–Kier alpha value is -1.21. The summed E-state index contributed by atoms with van der Waals surface area (Å²) >= 11 is 7.07. The molecule has 1 aromatic heterocycles. The number of nitrogens with one attached hydrogen (secondary N) is 1. The quantitative estimate of drug-likeness (QED) is 0.860. The van der Waals surface area contributed by atoms with Gasteiger partial charge in [-0.05, 0) is 37.5 Å². The number of hydrogen-bond donors (Lipinski definition) is 2. The van der Waals surface area contributed by atoms with Crippen molar-refractivity contribution in [2.75, 3.05) is 5.32 Å². The summed E-state index contributed by atoms with van der Waals surface area (Å²) in [6.07, 6.45) is 2.49. The van der Waals surface area contributed by atoms with Crippen LogP contribution in [0.1, 0.15) is 27.3 Å². The maximum absolute atomic E-state index is 13.7. The van der Waals surface area contributed by atoms with Gasteiger partial charge in [-0.1, -0.05) is 11.6 Å². The highest BCUT2D eigenvalue weighted by Gasteiger charge is 2.21. The van der Waals surface area contributed by atoms with Gasteiger partial charge in [0.1, 0.15) is 5.82 Å². The lowest BCUT2D eigenvalue weighted by atomic mass is 9.99. The van der Waals surface area contributed by atoms with E-state index in [1.165, 1.54) is 23.5 Å². The van der Waals surface area contributed by atoms with E-state index in [1.54, 1.807) is 0 Å². The molecule has 0 saturated carbocycles.